The Labute approximate surface area is 116 Å². The number of nitrogen functional groups attached to an aromatic ring is 1. The first-order chi connectivity index (χ1) is 9.04. The van der Waals surface area contributed by atoms with Crippen LogP contribution in [0.1, 0.15) is 34.2 Å². The molecule has 3 N–H and O–H groups in total. The van der Waals surface area contributed by atoms with E-state index in [4.69, 9.17) is 5.73 Å². The highest BCUT2D eigenvalue weighted by Gasteiger charge is 2.18. The van der Waals surface area contributed by atoms with E-state index in [1.165, 1.54) is 5.56 Å². The van der Waals surface area contributed by atoms with Crippen LogP contribution in [0.2, 0.25) is 0 Å². The predicted octanol–water partition coefficient (Wildman–Crippen LogP) is 2.09. The first-order valence-electron chi connectivity index (χ1n) is 6.17. The summed E-state index contributed by atoms with van der Waals surface area (Å²) < 4.78 is 1.64. The molecule has 19 heavy (non-hydrogen) atoms. The van der Waals surface area contributed by atoms with E-state index in [1.807, 2.05) is 19.2 Å². The van der Waals surface area contributed by atoms with E-state index in [2.05, 4.69) is 15.8 Å². The van der Waals surface area contributed by atoms with Crippen molar-refractivity contribution in [3.8, 4) is 0 Å². The first-order valence-corrected chi connectivity index (χ1v) is 7.11. The molecule has 0 aliphatic heterocycles. The topological polar surface area (TPSA) is 72.9 Å². The Balaban J connectivity index is 2.14. The second kappa shape index (κ2) is 5.44. The Morgan fingerprint density at radius 3 is 2.79 bits per heavy atom. The third-order valence-electron chi connectivity index (χ3n) is 3.09. The highest BCUT2D eigenvalue weighted by Crippen LogP contribution is 2.17. The lowest BCUT2D eigenvalue weighted by molar-refractivity contribution is 0.0941. The maximum absolute atomic E-state index is 12.2. The van der Waals surface area contributed by atoms with Gasteiger partial charge >= 0.3 is 0 Å². The van der Waals surface area contributed by atoms with Crippen molar-refractivity contribution in [2.75, 3.05) is 5.73 Å². The van der Waals surface area contributed by atoms with Crippen LogP contribution in [0.25, 0.3) is 0 Å². The van der Waals surface area contributed by atoms with Crippen LogP contribution in [0.5, 0.6) is 0 Å². The molecule has 0 atom stereocenters. The molecular formula is C13H18N4OS. The van der Waals surface area contributed by atoms with Gasteiger partial charge in [0, 0.05) is 13.1 Å². The predicted molar refractivity (Wildman–Crippen MR) is 77.3 cm³/mol. The van der Waals surface area contributed by atoms with Gasteiger partial charge in [-0.05, 0) is 42.7 Å². The van der Waals surface area contributed by atoms with Crippen LogP contribution >= 0.6 is 11.3 Å². The highest BCUT2D eigenvalue weighted by molar-refractivity contribution is 7.08. The molecule has 1 amide bonds. The van der Waals surface area contributed by atoms with Gasteiger partial charge in [0.2, 0.25) is 0 Å². The van der Waals surface area contributed by atoms with Gasteiger partial charge in [-0.15, -0.1) is 0 Å². The highest BCUT2D eigenvalue weighted by atomic mass is 32.1. The molecule has 0 aliphatic carbocycles. The molecular weight excluding hydrogens is 260 g/mol. The summed E-state index contributed by atoms with van der Waals surface area (Å²) in [5.74, 6) is -0.175. The van der Waals surface area contributed by atoms with Crippen molar-refractivity contribution in [1.82, 2.24) is 15.1 Å². The lowest BCUT2D eigenvalue weighted by atomic mass is 10.2. The molecule has 5 nitrogen and oxygen atoms in total. The fourth-order valence-electron chi connectivity index (χ4n) is 1.89. The fourth-order valence-corrected chi connectivity index (χ4v) is 2.75. The Kier molecular flexibility index (Phi) is 3.90. The first kappa shape index (κ1) is 13.6. The number of anilines is 1. The number of aryl methyl sites for hydroxylation is 3. The molecule has 6 heteroatoms. The summed E-state index contributed by atoms with van der Waals surface area (Å²) in [7, 11) is 0. The summed E-state index contributed by atoms with van der Waals surface area (Å²) in [6.45, 7) is 6.92. The van der Waals surface area contributed by atoms with Crippen LogP contribution in [0.4, 0.5) is 5.69 Å². The molecule has 0 unspecified atom stereocenters. The minimum Gasteiger partial charge on any atom is -0.395 e. The lowest BCUT2D eigenvalue weighted by Crippen LogP contribution is -2.26. The summed E-state index contributed by atoms with van der Waals surface area (Å²) in [4.78, 5) is 12.2. The smallest absolute Gasteiger partial charge is 0.271 e. The number of carbonyl (C=O) groups is 1. The van der Waals surface area contributed by atoms with Crippen molar-refractivity contribution < 1.29 is 4.79 Å². The van der Waals surface area contributed by atoms with Crippen molar-refractivity contribution >= 4 is 22.9 Å². The van der Waals surface area contributed by atoms with Gasteiger partial charge in [0.05, 0.1) is 11.4 Å². The maximum atomic E-state index is 12.2. The zero-order valence-corrected chi connectivity index (χ0v) is 12.2. The standard InChI is InChI=1S/C13H18N4OS/c1-4-17-12(11(14)9(3)16-17)13(18)15-5-10-7-19-6-8(10)2/h6-7H,4-5,14H2,1-3H3,(H,15,18). The molecule has 102 valence electrons. The number of nitrogens with zero attached hydrogens (tertiary/aromatic N) is 2. The Bertz CT molecular complexity index is 600. The molecule has 0 bridgehead atoms. The zero-order valence-electron chi connectivity index (χ0n) is 11.4. The molecule has 0 saturated carbocycles. The van der Waals surface area contributed by atoms with Crippen LogP contribution in [-0.2, 0) is 13.1 Å². The van der Waals surface area contributed by atoms with Crippen LogP contribution in [0.3, 0.4) is 0 Å². The molecule has 0 aliphatic rings. The summed E-state index contributed by atoms with van der Waals surface area (Å²) in [5, 5.41) is 11.3. The van der Waals surface area contributed by atoms with E-state index in [1.54, 1.807) is 22.9 Å². The minimum absolute atomic E-state index is 0.175. The average molecular weight is 278 g/mol. The molecule has 0 radical (unpaired) electrons. The Morgan fingerprint density at radius 2 is 2.21 bits per heavy atom. The minimum atomic E-state index is -0.175. The van der Waals surface area contributed by atoms with Gasteiger partial charge in [-0.3, -0.25) is 9.48 Å². The molecule has 0 aromatic carbocycles. The molecule has 2 heterocycles. The number of nitrogens with two attached hydrogens (primary N) is 1. The van der Waals surface area contributed by atoms with Gasteiger partial charge in [-0.2, -0.15) is 16.4 Å². The van der Waals surface area contributed by atoms with Crippen LogP contribution in [0, 0.1) is 13.8 Å². The Hall–Kier alpha value is -1.82. The SMILES string of the molecule is CCn1nc(C)c(N)c1C(=O)NCc1cscc1C. The fraction of sp³-hybridized carbons (Fsp3) is 0.385. The van der Waals surface area contributed by atoms with Crippen molar-refractivity contribution in [1.29, 1.82) is 0 Å². The van der Waals surface area contributed by atoms with E-state index < -0.39 is 0 Å². The maximum Gasteiger partial charge on any atom is 0.271 e. The Morgan fingerprint density at radius 1 is 1.47 bits per heavy atom. The van der Waals surface area contributed by atoms with Crippen molar-refractivity contribution in [2.45, 2.75) is 33.9 Å². The van der Waals surface area contributed by atoms with E-state index in [-0.39, 0.29) is 5.91 Å². The number of amides is 1. The molecule has 0 fully saturated rings. The number of rotatable bonds is 4. The molecule has 2 rings (SSSR count). The number of hydrogen-bond donors (Lipinski definition) is 2. The number of thiophene rings is 1. The lowest BCUT2D eigenvalue weighted by Gasteiger charge is -2.07. The largest absolute Gasteiger partial charge is 0.395 e. The average Bonchev–Trinajstić information content (AvgIpc) is 2.91. The molecule has 0 spiro atoms. The van der Waals surface area contributed by atoms with Crippen LogP contribution < -0.4 is 11.1 Å². The third-order valence-corrected chi connectivity index (χ3v) is 4.00. The normalized spacial score (nSPS) is 10.7. The third kappa shape index (κ3) is 2.63. The molecule has 0 saturated heterocycles. The number of nitrogens with one attached hydrogen (secondary N) is 1. The molecule has 2 aromatic heterocycles. The number of carbonyl (C=O) groups excluding carboxylic acids is 1. The monoisotopic (exact) mass is 278 g/mol. The number of aromatic nitrogens is 2. The van der Waals surface area contributed by atoms with Crippen LogP contribution in [-0.4, -0.2) is 15.7 Å². The van der Waals surface area contributed by atoms with Crippen LogP contribution in [0.15, 0.2) is 10.8 Å². The number of hydrogen-bond acceptors (Lipinski definition) is 4. The summed E-state index contributed by atoms with van der Waals surface area (Å²) in [6.07, 6.45) is 0. The summed E-state index contributed by atoms with van der Waals surface area (Å²) in [5.41, 5.74) is 9.85. The summed E-state index contributed by atoms with van der Waals surface area (Å²) >= 11 is 1.64. The van der Waals surface area contributed by atoms with Gasteiger partial charge in [0.1, 0.15) is 5.69 Å². The van der Waals surface area contributed by atoms with Gasteiger partial charge < -0.3 is 11.1 Å². The second-order valence-corrected chi connectivity index (χ2v) is 5.17. The second-order valence-electron chi connectivity index (χ2n) is 4.43. The van der Waals surface area contributed by atoms with Crippen molar-refractivity contribution in [3.63, 3.8) is 0 Å². The van der Waals surface area contributed by atoms with Gasteiger partial charge in [0.15, 0.2) is 0 Å². The van der Waals surface area contributed by atoms with Gasteiger partial charge in [0.25, 0.3) is 5.91 Å². The zero-order chi connectivity index (χ0) is 14.0. The van der Waals surface area contributed by atoms with Crippen molar-refractivity contribution in [2.24, 2.45) is 0 Å². The van der Waals surface area contributed by atoms with Gasteiger partial charge in [-0.1, -0.05) is 0 Å². The van der Waals surface area contributed by atoms with E-state index in [9.17, 15) is 4.79 Å². The molecule has 2 aromatic rings. The van der Waals surface area contributed by atoms with E-state index in [0.717, 1.165) is 5.56 Å². The summed E-state index contributed by atoms with van der Waals surface area (Å²) in [6, 6.07) is 0. The van der Waals surface area contributed by atoms with E-state index >= 15 is 0 Å². The van der Waals surface area contributed by atoms with Gasteiger partial charge in [-0.25, -0.2) is 0 Å². The van der Waals surface area contributed by atoms with Crippen molar-refractivity contribution in [3.05, 3.63) is 33.3 Å². The van der Waals surface area contributed by atoms with E-state index in [0.29, 0.717) is 30.2 Å². The quantitative estimate of drug-likeness (QED) is 0.899.